The molecule has 22 heavy (non-hydrogen) atoms. The summed E-state index contributed by atoms with van der Waals surface area (Å²) in [6.07, 6.45) is -0.594. The Kier molecular flexibility index (Phi) is 7.26. The third-order valence-corrected chi connectivity index (χ3v) is 4.50. The largest absolute Gasteiger partial charge is 0.446 e. The Bertz CT molecular complexity index is 591. The molecule has 1 aromatic carbocycles. The molecule has 0 unspecified atom stereocenters. The van der Waals surface area contributed by atoms with Crippen LogP contribution in [0.4, 0.5) is 4.79 Å². The smallest absolute Gasteiger partial charge is 0.369 e. The van der Waals surface area contributed by atoms with Crippen LogP contribution >= 0.6 is 23.7 Å². The summed E-state index contributed by atoms with van der Waals surface area (Å²) in [5.74, 6) is -0.353. The first-order valence-electron chi connectivity index (χ1n) is 6.45. The van der Waals surface area contributed by atoms with E-state index in [0.29, 0.717) is 5.04 Å². The summed E-state index contributed by atoms with van der Waals surface area (Å²) in [6, 6.07) is 5.98. The molecule has 0 aromatic heterocycles. The molecule has 0 fully saturated rings. The zero-order chi connectivity index (χ0) is 16.7. The van der Waals surface area contributed by atoms with Crippen molar-refractivity contribution in [3.8, 4) is 0 Å². The molecule has 1 aromatic rings. The Hall–Kier alpha value is -1.67. The first kappa shape index (κ1) is 18.4. The summed E-state index contributed by atoms with van der Waals surface area (Å²) in [5.41, 5.74) is 7.27. The predicted molar refractivity (Wildman–Crippen MR) is 90.8 cm³/mol. The van der Waals surface area contributed by atoms with Crippen LogP contribution < -0.4 is 5.73 Å². The molecular weight excluding hydrogens is 322 g/mol. The van der Waals surface area contributed by atoms with Gasteiger partial charge in [-0.15, -0.1) is 0 Å². The number of oxime groups is 1. The summed E-state index contributed by atoms with van der Waals surface area (Å²) < 4.78 is 1.35. The molecule has 0 bridgehead atoms. The normalized spacial score (nSPS) is 11.2. The highest BCUT2D eigenvalue weighted by atomic mass is 32.2. The van der Waals surface area contributed by atoms with Crippen molar-refractivity contribution in [2.24, 2.45) is 10.9 Å². The van der Waals surface area contributed by atoms with E-state index in [1.165, 1.54) is 21.8 Å². The highest BCUT2D eigenvalue weighted by molar-refractivity contribution is 8.14. The number of thioether (sulfide) groups is 1. The zero-order valence-electron chi connectivity index (χ0n) is 13.0. The molecule has 1 rings (SSSR count). The number of aryl methyl sites for hydroxylation is 2. The summed E-state index contributed by atoms with van der Waals surface area (Å²) >= 11 is 2.38. The molecule has 8 heteroatoms. The van der Waals surface area contributed by atoms with Crippen LogP contribution in [0.3, 0.4) is 0 Å². The van der Waals surface area contributed by atoms with Crippen LogP contribution in [0.5, 0.6) is 0 Å². The first-order valence-corrected chi connectivity index (χ1v) is 8.21. The fourth-order valence-electron chi connectivity index (χ4n) is 1.45. The molecule has 0 saturated carbocycles. The molecule has 0 radical (unpaired) electrons. The van der Waals surface area contributed by atoms with Gasteiger partial charge in [-0.25, -0.2) is 9.10 Å². The van der Waals surface area contributed by atoms with Crippen LogP contribution in [0.1, 0.15) is 18.1 Å². The molecular formula is C14H19N3O3S2. The lowest BCUT2D eigenvalue weighted by molar-refractivity contribution is -0.115. The fraction of sp³-hybridized carbons (Fsp3) is 0.357. The van der Waals surface area contributed by atoms with Crippen LogP contribution in [-0.4, -0.2) is 34.1 Å². The van der Waals surface area contributed by atoms with Crippen LogP contribution in [0.2, 0.25) is 0 Å². The Labute approximate surface area is 138 Å². The minimum absolute atomic E-state index is 0.0973. The van der Waals surface area contributed by atoms with Crippen molar-refractivity contribution in [1.29, 1.82) is 0 Å². The number of primary amides is 1. The summed E-state index contributed by atoms with van der Waals surface area (Å²) in [7, 11) is 1.60. The highest BCUT2D eigenvalue weighted by Crippen LogP contribution is 2.26. The number of carbonyl (C=O) groups excluding carboxylic acids is 2. The number of rotatable bonds is 5. The number of benzene rings is 1. The standard InChI is InChI=1S/C14H19N3O3S2/c1-9-5-6-12(10(2)7-9)22-17(4)14(19)20-16-11(3)21-8-13(15)18/h5-7H,8H2,1-4H3,(H2,15,18). The number of nitrogens with zero attached hydrogens (tertiary/aromatic N) is 2. The molecule has 0 atom stereocenters. The van der Waals surface area contributed by atoms with Crippen LogP contribution in [0.25, 0.3) is 0 Å². The van der Waals surface area contributed by atoms with Gasteiger partial charge in [0.05, 0.1) is 5.75 Å². The predicted octanol–water partition coefficient (Wildman–Crippen LogP) is 2.93. The fourth-order valence-corrected chi connectivity index (χ4v) is 2.63. The van der Waals surface area contributed by atoms with Crippen LogP contribution in [0, 0.1) is 13.8 Å². The Balaban J connectivity index is 2.54. The molecule has 0 aliphatic heterocycles. The zero-order valence-corrected chi connectivity index (χ0v) is 14.6. The lowest BCUT2D eigenvalue weighted by atomic mass is 10.2. The summed E-state index contributed by atoms with van der Waals surface area (Å²) in [6.45, 7) is 5.64. The van der Waals surface area contributed by atoms with E-state index in [-0.39, 0.29) is 5.75 Å². The Morgan fingerprint density at radius 1 is 1.36 bits per heavy atom. The van der Waals surface area contributed by atoms with E-state index >= 15 is 0 Å². The van der Waals surface area contributed by atoms with Gasteiger partial charge in [-0.3, -0.25) is 9.63 Å². The van der Waals surface area contributed by atoms with Crippen molar-refractivity contribution in [1.82, 2.24) is 4.31 Å². The van der Waals surface area contributed by atoms with E-state index in [2.05, 4.69) is 5.16 Å². The van der Waals surface area contributed by atoms with Crippen molar-refractivity contribution in [2.45, 2.75) is 25.7 Å². The van der Waals surface area contributed by atoms with E-state index in [1.54, 1.807) is 14.0 Å². The van der Waals surface area contributed by atoms with Gasteiger partial charge >= 0.3 is 6.09 Å². The summed E-state index contributed by atoms with van der Waals surface area (Å²) in [5, 5.41) is 4.12. The monoisotopic (exact) mass is 341 g/mol. The van der Waals surface area contributed by atoms with Gasteiger partial charge in [0.25, 0.3) is 0 Å². The molecule has 0 aliphatic carbocycles. The minimum atomic E-state index is -0.594. The van der Waals surface area contributed by atoms with E-state index in [1.807, 2.05) is 32.0 Å². The van der Waals surface area contributed by atoms with Crippen molar-refractivity contribution in [3.05, 3.63) is 29.3 Å². The number of carbonyl (C=O) groups is 2. The maximum Gasteiger partial charge on any atom is 0.446 e. The second kappa shape index (κ2) is 8.70. The van der Waals surface area contributed by atoms with Crippen molar-refractivity contribution in [3.63, 3.8) is 0 Å². The average molecular weight is 341 g/mol. The number of nitrogens with two attached hydrogens (primary N) is 1. The highest BCUT2D eigenvalue weighted by Gasteiger charge is 2.13. The molecule has 0 saturated heterocycles. The number of hydrogen-bond donors (Lipinski definition) is 1. The third-order valence-electron chi connectivity index (χ3n) is 2.50. The Morgan fingerprint density at radius 3 is 2.64 bits per heavy atom. The van der Waals surface area contributed by atoms with Crippen molar-refractivity contribution >= 4 is 40.8 Å². The quantitative estimate of drug-likeness (QED) is 0.293. The van der Waals surface area contributed by atoms with Crippen molar-refractivity contribution in [2.75, 3.05) is 12.8 Å². The van der Waals surface area contributed by atoms with Crippen LogP contribution in [0.15, 0.2) is 28.3 Å². The Morgan fingerprint density at radius 2 is 2.05 bits per heavy atom. The van der Waals surface area contributed by atoms with Gasteiger partial charge in [0.1, 0.15) is 5.04 Å². The van der Waals surface area contributed by atoms with Gasteiger partial charge in [-0.1, -0.05) is 34.6 Å². The van der Waals surface area contributed by atoms with E-state index in [4.69, 9.17) is 10.6 Å². The van der Waals surface area contributed by atoms with Gasteiger partial charge < -0.3 is 5.73 Å². The molecule has 0 aliphatic rings. The lowest BCUT2D eigenvalue weighted by Gasteiger charge is -2.15. The molecule has 6 nitrogen and oxygen atoms in total. The lowest BCUT2D eigenvalue weighted by Crippen LogP contribution is -2.19. The molecule has 120 valence electrons. The van der Waals surface area contributed by atoms with Gasteiger partial charge in [0, 0.05) is 11.9 Å². The number of amides is 2. The molecule has 0 spiro atoms. The maximum absolute atomic E-state index is 11.8. The SMILES string of the molecule is CC(=NOC(=O)N(C)Sc1ccc(C)cc1C)SCC(N)=O. The molecule has 2 N–H and O–H groups in total. The van der Waals surface area contributed by atoms with Crippen molar-refractivity contribution < 1.29 is 14.4 Å². The minimum Gasteiger partial charge on any atom is -0.369 e. The topological polar surface area (TPSA) is 85.0 Å². The van der Waals surface area contributed by atoms with Gasteiger partial charge in [-0.05, 0) is 44.3 Å². The summed E-state index contributed by atoms with van der Waals surface area (Å²) in [4.78, 5) is 28.3. The van der Waals surface area contributed by atoms with Gasteiger partial charge in [-0.2, -0.15) is 0 Å². The van der Waals surface area contributed by atoms with Crippen LogP contribution in [-0.2, 0) is 9.63 Å². The van der Waals surface area contributed by atoms with Gasteiger partial charge in [0.2, 0.25) is 5.91 Å². The van der Waals surface area contributed by atoms with E-state index < -0.39 is 12.0 Å². The average Bonchev–Trinajstić information content (AvgIpc) is 2.45. The van der Waals surface area contributed by atoms with E-state index in [0.717, 1.165) is 22.2 Å². The second-order valence-corrected chi connectivity index (χ2v) is 6.92. The second-order valence-electron chi connectivity index (χ2n) is 4.58. The molecule has 2 amide bonds. The number of hydrogen-bond acceptors (Lipinski definition) is 6. The first-order chi connectivity index (χ1) is 10.3. The van der Waals surface area contributed by atoms with E-state index in [9.17, 15) is 9.59 Å². The maximum atomic E-state index is 11.8. The third kappa shape index (κ3) is 6.40. The molecule has 0 heterocycles. The van der Waals surface area contributed by atoms with Gasteiger partial charge in [0.15, 0.2) is 0 Å².